The number of carboxylic acids is 1. The van der Waals surface area contributed by atoms with E-state index in [0.717, 1.165) is 24.1 Å². The van der Waals surface area contributed by atoms with Crippen molar-refractivity contribution in [2.24, 2.45) is 5.92 Å². The van der Waals surface area contributed by atoms with Gasteiger partial charge in [-0.25, -0.2) is 9.97 Å². The van der Waals surface area contributed by atoms with E-state index >= 15 is 0 Å². The highest BCUT2D eigenvalue weighted by atomic mass is 16.4. The molecule has 1 N–H and O–H groups in total. The molecule has 0 aliphatic rings. The van der Waals surface area contributed by atoms with Crippen LogP contribution in [0.3, 0.4) is 0 Å². The zero-order chi connectivity index (χ0) is 26.1. The highest BCUT2D eigenvalue weighted by molar-refractivity contribution is 5.96. The van der Waals surface area contributed by atoms with Gasteiger partial charge in [0.2, 0.25) is 5.95 Å². The number of benzene rings is 2. The van der Waals surface area contributed by atoms with Crippen LogP contribution in [0, 0.1) is 12.8 Å². The van der Waals surface area contributed by atoms with Crippen LogP contribution in [-0.2, 0) is 17.6 Å². The molecule has 7 heteroatoms. The summed E-state index contributed by atoms with van der Waals surface area (Å²) in [5.41, 5.74) is 4.33. The Morgan fingerprint density at radius 1 is 1.00 bits per heavy atom. The third kappa shape index (κ3) is 7.90. The summed E-state index contributed by atoms with van der Waals surface area (Å²) >= 11 is 0. The standard InChI is InChI=1S/C29H36N4O3/c1-21(2)13-16-33(20-27(34)35)28(36)25-19-30-29(32(4)15-14-23-10-6-5-7-11-23)31-26(25)18-24-12-8-9-22(3)17-24/h5-12,17,19,21H,13-16,18,20H2,1-4H3,(H,34,35). The average molecular weight is 489 g/mol. The van der Waals surface area contributed by atoms with Crippen molar-refractivity contribution < 1.29 is 14.7 Å². The van der Waals surface area contributed by atoms with Gasteiger partial charge in [-0.2, -0.15) is 0 Å². The van der Waals surface area contributed by atoms with Crippen LogP contribution in [0.1, 0.15) is 53.0 Å². The van der Waals surface area contributed by atoms with E-state index in [1.54, 1.807) is 6.20 Å². The van der Waals surface area contributed by atoms with Crippen LogP contribution in [0.2, 0.25) is 0 Å². The van der Waals surface area contributed by atoms with Crippen LogP contribution in [0.25, 0.3) is 0 Å². The molecular formula is C29H36N4O3. The Morgan fingerprint density at radius 3 is 2.39 bits per heavy atom. The lowest BCUT2D eigenvalue weighted by molar-refractivity contribution is -0.137. The molecule has 36 heavy (non-hydrogen) atoms. The lowest BCUT2D eigenvalue weighted by atomic mass is 10.0. The minimum Gasteiger partial charge on any atom is -0.480 e. The number of hydrogen-bond acceptors (Lipinski definition) is 5. The van der Waals surface area contributed by atoms with Crippen LogP contribution < -0.4 is 4.90 Å². The van der Waals surface area contributed by atoms with E-state index in [1.807, 2.05) is 55.3 Å². The second-order valence-corrected chi connectivity index (χ2v) is 9.66. The fourth-order valence-electron chi connectivity index (χ4n) is 3.96. The molecule has 0 saturated heterocycles. The van der Waals surface area contributed by atoms with Crippen molar-refractivity contribution in [3.63, 3.8) is 0 Å². The minimum absolute atomic E-state index is 0.345. The number of anilines is 1. The van der Waals surface area contributed by atoms with Crippen LogP contribution in [0.5, 0.6) is 0 Å². The zero-order valence-corrected chi connectivity index (χ0v) is 21.6. The molecular weight excluding hydrogens is 452 g/mol. The predicted molar refractivity (Wildman–Crippen MR) is 142 cm³/mol. The number of aryl methyl sites for hydroxylation is 1. The Hall–Kier alpha value is -3.74. The third-order valence-electron chi connectivity index (χ3n) is 6.05. The summed E-state index contributed by atoms with van der Waals surface area (Å²) in [5, 5.41) is 9.42. The van der Waals surface area contributed by atoms with Gasteiger partial charge in [-0.1, -0.05) is 74.0 Å². The summed E-state index contributed by atoms with van der Waals surface area (Å²) in [4.78, 5) is 37.7. The number of nitrogens with zero attached hydrogens (tertiary/aromatic N) is 4. The van der Waals surface area contributed by atoms with Crippen molar-refractivity contribution in [2.45, 2.75) is 40.0 Å². The van der Waals surface area contributed by atoms with E-state index in [-0.39, 0.29) is 12.5 Å². The van der Waals surface area contributed by atoms with Gasteiger partial charge < -0.3 is 14.9 Å². The van der Waals surface area contributed by atoms with Crippen molar-refractivity contribution in [1.82, 2.24) is 14.9 Å². The number of carbonyl (C=O) groups excluding carboxylic acids is 1. The van der Waals surface area contributed by atoms with Gasteiger partial charge in [0, 0.05) is 32.8 Å². The van der Waals surface area contributed by atoms with E-state index < -0.39 is 5.97 Å². The summed E-state index contributed by atoms with van der Waals surface area (Å²) < 4.78 is 0. The molecule has 0 aliphatic carbocycles. The highest BCUT2D eigenvalue weighted by Gasteiger charge is 2.24. The number of carbonyl (C=O) groups is 2. The maximum atomic E-state index is 13.5. The Labute approximate surface area is 213 Å². The van der Waals surface area contributed by atoms with Crippen LogP contribution in [0.15, 0.2) is 60.8 Å². The molecule has 7 nitrogen and oxygen atoms in total. The molecule has 0 unspecified atom stereocenters. The molecule has 0 radical (unpaired) electrons. The molecule has 0 spiro atoms. The first kappa shape index (κ1) is 26.9. The van der Waals surface area contributed by atoms with E-state index in [0.29, 0.717) is 42.5 Å². The molecule has 0 aliphatic heterocycles. The van der Waals surface area contributed by atoms with E-state index in [2.05, 4.69) is 37.0 Å². The first-order valence-electron chi connectivity index (χ1n) is 12.4. The zero-order valence-electron chi connectivity index (χ0n) is 21.6. The number of hydrogen-bond donors (Lipinski definition) is 1. The van der Waals surface area contributed by atoms with Gasteiger partial charge in [-0.15, -0.1) is 0 Å². The van der Waals surface area contributed by atoms with E-state index in [9.17, 15) is 14.7 Å². The summed E-state index contributed by atoms with van der Waals surface area (Å²) in [5.74, 6) is -0.500. The Bertz CT molecular complexity index is 1160. The van der Waals surface area contributed by atoms with Gasteiger partial charge in [0.15, 0.2) is 0 Å². The number of likely N-dealkylation sites (N-methyl/N-ethyl adjacent to an activating group) is 1. The largest absolute Gasteiger partial charge is 0.480 e. The lowest BCUT2D eigenvalue weighted by Gasteiger charge is -2.24. The smallest absolute Gasteiger partial charge is 0.323 e. The molecule has 2 aromatic carbocycles. The third-order valence-corrected chi connectivity index (χ3v) is 6.05. The summed E-state index contributed by atoms with van der Waals surface area (Å²) in [6, 6.07) is 18.3. The average Bonchev–Trinajstić information content (AvgIpc) is 2.85. The quantitative estimate of drug-likeness (QED) is 0.400. The van der Waals surface area contributed by atoms with Gasteiger partial charge >= 0.3 is 5.97 Å². The first-order chi connectivity index (χ1) is 17.2. The van der Waals surface area contributed by atoms with Crippen LogP contribution in [-0.4, -0.2) is 58.5 Å². The fourth-order valence-corrected chi connectivity index (χ4v) is 3.96. The molecule has 190 valence electrons. The normalized spacial score (nSPS) is 10.9. The molecule has 1 aromatic heterocycles. The SMILES string of the molecule is Cc1cccc(Cc2nc(N(C)CCc3ccccc3)ncc2C(=O)N(CCC(C)C)CC(=O)O)c1. The molecule has 3 rings (SSSR count). The number of amides is 1. The van der Waals surface area contributed by atoms with Crippen molar-refractivity contribution in [1.29, 1.82) is 0 Å². The van der Waals surface area contributed by atoms with Crippen molar-refractivity contribution in [2.75, 3.05) is 31.6 Å². The Balaban J connectivity index is 1.91. The van der Waals surface area contributed by atoms with Crippen LogP contribution >= 0.6 is 0 Å². The van der Waals surface area contributed by atoms with Crippen molar-refractivity contribution in [3.05, 3.63) is 88.7 Å². The predicted octanol–water partition coefficient (Wildman–Crippen LogP) is 4.63. The van der Waals surface area contributed by atoms with E-state index in [4.69, 9.17) is 4.98 Å². The Kier molecular flexibility index (Phi) is 9.56. The molecule has 1 amide bonds. The number of aliphatic carboxylic acids is 1. The number of rotatable bonds is 12. The van der Waals surface area contributed by atoms with Crippen molar-refractivity contribution >= 4 is 17.8 Å². The molecule has 0 fully saturated rings. The second kappa shape index (κ2) is 12.8. The number of aromatic nitrogens is 2. The van der Waals surface area contributed by atoms with Crippen LogP contribution in [0.4, 0.5) is 5.95 Å². The second-order valence-electron chi connectivity index (χ2n) is 9.66. The molecule has 0 saturated carbocycles. The highest BCUT2D eigenvalue weighted by Crippen LogP contribution is 2.19. The van der Waals surface area contributed by atoms with Gasteiger partial charge in [0.1, 0.15) is 6.54 Å². The molecule has 0 bridgehead atoms. The topological polar surface area (TPSA) is 86.6 Å². The van der Waals surface area contributed by atoms with Gasteiger partial charge in [0.25, 0.3) is 5.91 Å². The fraction of sp³-hybridized carbons (Fsp3) is 0.379. The molecule has 0 atom stereocenters. The minimum atomic E-state index is -1.04. The summed E-state index contributed by atoms with van der Waals surface area (Å²) in [7, 11) is 1.94. The maximum Gasteiger partial charge on any atom is 0.323 e. The van der Waals surface area contributed by atoms with Gasteiger partial charge in [0.05, 0.1) is 11.3 Å². The monoisotopic (exact) mass is 488 g/mol. The van der Waals surface area contributed by atoms with E-state index in [1.165, 1.54) is 10.5 Å². The number of carboxylic acid groups (broad SMARTS) is 1. The summed E-state index contributed by atoms with van der Waals surface area (Å²) in [6.45, 7) is 6.87. The van der Waals surface area contributed by atoms with Gasteiger partial charge in [-0.05, 0) is 36.8 Å². The molecule has 3 aromatic rings. The summed E-state index contributed by atoms with van der Waals surface area (Å²) in [6.07, 6.45) is 3.57. The first-order valence-corrected chi connectivity index (χ1v) is 12.4. The molecule has 1 heterocycles. The lowest BCUT2D eigenvalue weighted by Crippen LogP contribution is -2.37. The van der Waals surface area contributed by atoms with Gasteiger partial charge in [-0.3, -0.25) is 9.59 Å². The maximum absolute atomic E-state index is 13.5. The van der Waals surface area contributed by atoms with Crippen molar-refractivity contribution in [3.8, 4) is 0 Å². The Morgan fingerprint density at radius 2 is 1.72 bits per heavy atom.